The molecule has 0 spiro atoms. The number of aromatic nitrogens is 3. The van der Waals surface area contributed by atoms with Crippen molar-refractivity contribution >= 4 is 17.6 Å². The minimum atomic E-state index is -0.500. The molecule has 1 aromatic carbocycles. The highest BCUT2D eigenvalue weighted by Gasteiger charge is 2.10. The highest BCUT2D eigenvalue weighted by Crippen LogP contribution is 2.18. The lowest BCUT2D eigenvalue weighted by molar-refractivity contribution is -0.384. The Bertz CT molecular complexity index is 549. The van der Waals surface area contributed by atoms with Gasteiger partial charge in [0.25, 0.3) is 5.69 Å². The number of benzene rings is 1. The van der Waals surface area contributed by atoms with E-state index in [9.17, 15) is 10.1 Å². The number of rotatable bonds is 2. The predicted octanol–water partition coefficient (Wildman–Crippen LogP) is 0.340. The van der Waals surface area contributed by atoms with Gasteiger partial charge in [0.1, 0.15) is 0 Å². The van der Waals surface area contributed by atoms with Crippen LogP contribution in [-0.2, 0) is 0 Å². The first-order chi connectivity index (χ1) is 7.58. The molecule has 8 nitrogen and oxygen atoms in total. The average Bonchev–Trinajstić information content (AvgIpc) is 2.58. The third-order valence-electron chi connectivity index (χ3n) is 1.93. The standard InChI is InChI=1S/C8H8N6O2/c9-7-11-8(10)13(12-7)5-2-1-3-6(4-5)14(15)16/h1-4H,(H4,9,10,11,12). The molecular weight excluding hydrogens is 212 g/mol. The van der Waals surface area contributed by atoms with Crippen molar-refractivity contribution in [3.05, 3.63) is 34.4 Å². The van der Waals surface area contributed by atoms with E-state index in [1.165, 1.54) is 22.9 Å². The van der Waals surface area contributed by atoms with E-state index in [4.69, 9.17) is 11.5 Å². The molecule has 0 radical (unpaired) electrons. The molecule has 4 N–H and O–H groups in total. The molecule has 16 heavy (non-hydrogen) atoms. The second-order valence-corrected chi connectivity index (χ2v) is 3.02. The summed E-state index contributed by atoms with van der Waals surface area (Å²) in [6, 6.07) is 5.87. The van der Waals surface area contributed by atoms with Gasteiger partial charge in [-0.25, -0.2) is 0 Å². The molecule has 0 atom stereocenters. The summed E-state index contributed by atoms with van der Waals surface area (Å²) < 4.78 is 1.24. The van der Waals surface area contributed by atoms with Crippen molar-refractivity contribution in [3.8, 4) is 5.69 Å². The van der Waals surface area contributed by atoms with Gasteiger partial charge in [0, 0.05) is 12.1 Å². The molecule has 0 aliphatic carbocycles. The molecule has 0 fully saturated rings. The minimum Gasteiger partial charge on any atom is -0.368 e. The van der Waals surface area contributed by atoms with Gasteiger partial charge in [-0.3, -0.25) is 10.1 Å². The molecule has 0 saturated carbocycles. The van der Waals surface area contributed by atoms with Crippen molar-refractivity contribution in [1.82, 2.24) is 14.8 Å². The van der Waals surface area contributed by atoms with E-state index < -0.39 is 4.92 Å². The summed E-state index contributed by atoms with van der Waals surface area (Å²) >= 11 is 0. The zero-order valence-corrected chi connectivity index (χ0v) is 8.07. The quantitative estimate of drug-likeness (QED) is 0.555. The molecule has 82 valence electrons. The number of hydrogen-bond acceptors (Lipinski definition) is 6. The van der Waals surface area contributed by atoms with Crippen molar-refractivity contribution in [2.75, 3.05) is 11.5 Å². The van der Waals surface area contributed by atoms with E-state index in [1.54, 1.807) is 6.07 Å². The summed E-state index contributed by atoms with van der Waals surface area (Å²) in [5, 5.41) is 14.4. The molecular formula is C8H8N6O2. The first-order valence-corrected chi connectivity index (χ1v) is 4.31. The van der Waals surface area contributed by atoms with Crippen LogP contribution in [0.2, 0.25) is 0 Å². The number of nitrogen functional groups attached to an aromatic ring is 2. The molecule has 0 unspecified atom stereocenters. The van der Waals surface area contributed by atoms with Crippen molar-refractivity contribution in [2.24, 2.45) is 0 Å². The van der Waals surface area contributed by atoms with Gasteiger partial charge in [-0.2, -0.15) is 9.67 Å². The van der Waals surface area contributed by atoms with Crippen molar-refractivity contribution in [2.45, 2.75) is 0 Å². The lowest BCUT2D eigenvalue weighted by atomic mass is 10.3. The molecule has 0 amide bonds. The van der Waals surface area contributed by atoms with Crippen LogP contribution in [-0.4, -0.2) is 19.7 Å². The maximum absolute atomic E-state index is 10.6. The van der Waals surface area contributed by atoms with E-state index in [1.807, 2.05) is 0 Å². The Morgan fingerprint density at radius 1 is 1.38 bits per heavy atom. The van der Waals surface area contributed by atoms with Crippen LogP contribution in [0.5, 0.6) is 0 Å². The van der Waals surface area contributed by atoms with E-state index in [0.29, 0.717) is 5.69 Å². The van der Waals surface area contributed by atoms with Crippen LogP contribution in [0.4, 0.5) is 17.6 Å². The molecule has 0 aliphatic heterocycles. The van der Waals surface area contributed by atoms with Gasteiger partial charge in [0.15, 0.2) is 0 Å². The zero-order chi connectivity index (χ0) is 11.7. The van der Waals surface area contributed by atoms with Gasteiger partial charge in [-0.1, -0.05) is 6.07 Å². The molecule has 8 heteroatoms. The topological polar surface area (TPSA) is 126 Å². The Hall–Kier alpha value is -2.64. The maximum Gasteiger partial charge on any atom is 0.271 e. The normalized spacial score (nSPS) is 10.2. The van der Waals surface area contributed by atoms with Crippen LogP contribution in [0, 0.1) is 10.1 Å². The van der Waals surface area contributed by atoms with Crippen LogP contribution < -0.4 is 11.5 Å². The Labute approximate surface area is 89.6 Å². The third-order valence-corrected chi connectivity index (χ3v) is 1.93. The van der Waals surface area contributed by atoms with E-state index in [-0.39, 0.29) is 17.6 Å². The fourth-order valence-corrected chi connectivity index (χ4v) is 1.27. The average molecular weight is 220 g/mol. The Morgan fingerprint density at radius 2 is 2.12 bits per heavy atom. The molecule has 0 saturated heterocycles. The SMILES string of the molecule is Nc1nc(N)n(-c2cccc([N+](=O)[O-])c2)n1. The van der Waals surface area contributed by atoms with Gasteiger partial charge < -0.3 is 11.5 Å². The highest BCUT2D eigenvalue weighted by atomic mass is 16.6. The molecule has 1 aromatic heterocycles. The summed E-state index contributed by atoms with van der Waals surface area (Å²) in [5.41, 5.74) is 11.3. The fraction of sp³-hybridized carbons (Fsp3) is 0. The Morgan fingerprint density at radius 3 is 2.69 bits per heavy atom. The second kappa shape index (κ2) is 3.50. The first-order valence-electron chi connectivity index (χ1n) is 4.31. The minimum absolute atomic E-state index is 0.0176. The van der Waals surface area contributed by atoms with Gasteiger partial charge >= 0.3 is 0 Å². The zero-order valence-electron chi connectivity index (χ0n) is 8.07. The first kappa shape index (κ1) is 9.90. The molecule has 1 heterocycles. The van der Waals surface area contributed by atoms with E-state index in [2.05, 4.69) is 10.1 Å². The van der Waals surface area contributed by atoms with Crippen molar-refractivity contribution < 1.29 is 4.92 Å². The summed E-state index contributed by atoms with van der Waals surface area (Å²) in [4.78, 5) is 13.8. The van der Waals surface area contributed by atoms with Crippen molar-refractivity contribution in [3.63, 3.8) is 0 Å². The fourth-order valence-electron chi connectivity index (χ4n) is 1.27. The summed E-state index contributed by atoms with van der Waals surface area (Å²) in [7, 11) is 0. The van der Waals surface area contributed by atoms with Crippen LogP contribution in [0.25, 0.3) is 5.69 Å². The molecule has 0 bridgehead atoms. The van der Waals surface area contributed by atoms with Gasteiger partial charge in [-0.15, -0.1) is 5.10 Å². The lowest BCUT2D eigenvalue weighted by Gasteiger charge is -2.01. The monoisotopic (exact) mass is 220 g/mol. The highest BCUT2D eigenvalue weighted by molar-refractivity contribution is 5.46. The number of hydrogen-bond donors (Lipinski definition) is 2. The number of nitrogens with zero attached hydrogens (tertiary/aromatic N) is 4. The summed E-state index contributed by atoms with van der Waals surface area (Å²) in [5.74, 6) is 0.0991. The Balaban J connectivity index is 2.52. The van der Waals surface area contributed by atoms with Crippen molar-refractivity contribution in [1.29, 1.82) is 0 Å². The number of nitro benzene ring substituents is 1. The third kappa shape index (κ3) is 1.63. The summed E-state index contributed by atoms with van der Waals surface area (Å²) in [6.07, 6.45) is 0. The van der Waals surface area contributed by atoms with Gasteiger partial charge in [0.05, 0.1) is 10.6 Å². The van der Waals surface area contributed by atoms with Crippen LogP contribution >= 0.6 is 0 Å². The largest absolute Gasteiger partial charge is 0.368 e. The maximum atomic E-state index is 10.6. The lowest BCUT2D eigenvalue weighted by Crippen LogP contribution is -2.03. The number of nitro groups is 1. The molecule has 2 aromatic rings. The smallest absolute Gasteiger partial charge is 0.271 e. The van der Waals surface area contributed by atoms with E-state index >= 15 is 0 Å². The molecule has 0 aliphatic rings. The van der Waals surface area contributed by atoms with Crippen LogP contribution in [0.1, 0.15) is 0 Å². The van der Waals surface area contributed by atoms with Gasteiger partial charge in [0.2, 0.25) is 11.9 Å². The predicted molar refractivity (Wildman–Crippen MR) is 56.8 cm³/mol. The van der Waals surface area contributed by atoms with E-state index in [0.717, 1.165) is 0 Å². The number of non-ortho nitro benzene ring substituents is 1. The van der Waals surface area contributed by atoms with Gasteiger partial charge in [-0.05, 0) is 6.07 Å². The number of nitrogens with two attached hydrogens (primary N) is 2. The Kier molecular flexibility index (Phi) is 2.16. The summed E-state index contributed by atoms with van der Waals surface area (Å²) in [6.45, 7) is 0. The second-order valence-electron chi connectivity index (χ2n) is 3.02. The number of anilines is 2. The molecule has 2 rings (SSSR count). The van der Waals surface area contributed by atoms with Crippen LogP contribution in [0.15, 0.2) is 24.3 Å². The van der Waals surface area contributed by atoms with Crippen LogP contribution in [0.3, 0.4) is 0 Å².